The van der Waals surface area contributed by atoms with Crippen molar-refractivity contribution in [1.82, 2.24) is 19.7 Å². The van der Waals surface area contributed by atoms with E-state index in [1.807, 2.05) is 0 Å². The Morgan fingerprint density at radius 2 is 1.71 bits per heavy atom. The van der Waals surface area contributed by atoms with Crippen LogP contribution < -0.4 is 20.3 Å². The monoisotopic (exact) mass is 489 g/mol. The summed E-state index contributed by atoms with van der Waals surface area (Å²) in [7, 11) is 0. The molecule has 3 aromatic heterocycles. The van der Waals surface area contributed by atoms with Crippen LogP contribution in [0, 0.1) is 0 Å². The zero-order valence-electron chi connectivity index (χ0n) is 16.7. The quantitative estimate of drug-likeness (QED) is 0.508. The summed E-state index contributed by atoms with van der Waals surface area (Å²) in [4.78, 5) is 29.0. The molecule has 180 valence electrons. The van der Waals surface area contributed by atoms with Crippen molar-refractivity contribution < 1.29 is 40.6 Å². The molecule has 0 spiro atoms. The van der Waals surface area contributed by atoms with Crippen molar-refractivity contribution in [1.29, 1.82) is 0 Å². The van der Waals surface area contributed by atoms with Gasteiger partial charge < -0.3 is 14.8 Å². The van der Waals surface area contributed by atoms with Crippen LogP contribution >= 0.6 is 0 Å². The number of hydrogen-bond donors (Lipinski definition) is 1. The minimum atomic E-state index is -4.66. The molecular formula is C19H13F6N5O4. The van der Waals surface area contributed by atoms with Gasteiger partial charge in [0.05, 0.1) is 18.1 Å². The van der Waals surface area contributed by atoms with Gasteiger partial charge in [0.1, 0.15) is 11.3 Å². The number of anilines is 1. The van der Waals surface area contributed by atoms with Gasteiger partial charge in [0, 0.05) is 12.3 Å². The number of rotatable bonds is 7. The molecule has 0 fully saturated rings. The van der Waals surface area contributed by atoms with Gasteiger partial charge >= 0.3 is 12.4 Å². The summed E-state index contributed by atoms with van der Waals surface area (Å²) in [6.07, 6.45) is -5.90. The molecule has 3 aromatic rings. The van der Waals surface area contributed by atoms with Crippen molar-refractivity contribution in [3.8, 4) is 17.4 Å². The van der Waals surface area contributed by atoms with Gasteiger partial charge in [0.25, 0.3) is 17.3 Å². The fourth-order valence-corrected chi connectivity index (χ4v) is 2.50. The first-order valence-corrected chi connectivity index (χ1v) is 9.13. The third-order valence-corrected chi connectivity index (χ3v) is 3.87. The molecule has 0 saturated carbocycles. The molecule has 0 aromatic carbocycles. The standard InChI is InChI=1S/C19H13F6N5O4/c20-18(21,22)9-33-14-4-3-11(8-26-14)28-15(31)12-2-1-7-30(17(12)32)13-5-6-27-29-16(13)34-10-19(23,24)25/h1-8H,9-10H2,(H,28,31). The van der Waals surface area contributed by atoms with E-state index >= 15 is 0 Å². The Morgan fingerprint density at radius 1 is 1.00 bits per heavy atom. The van der Waals surface area contributed by atoms with Crippen molar-refractivity contribution in [2.24, 2.45) is 0 Å². The van der Waals surface area contributed by atoms with Gasteiger partial charge in [-0.15, -0.1) is 5.10 Å². The highest BCUT2D eigenvalue weighted by molar-refractivity contribution is 6.03. The highest BCUT2D eigenvalue weighted by Gasteiger charge is 2.30. The third-order valence-electron chi connectivity index (χ3n) is 3.87. The average Bonchev–Trinajstić information content (AvgIpc) is 2.76. The topological polar surface area (TPSA) is 108 Å². The Kier molecular flexibility index (Phi) is 7.03. The maximum Gasteiger partial charge on any atom is 0.422 e. The molecule has 34 heavy (non-hydrogen) atoms. The zero-order valence-corrected chi connectivity index (χ0v) is 16.7. The number of carbonyl (C=O) groups excluding carboxylic acids is 1. The van der Waals surface area contributed by atoms with Crippen LogP contribution in [0.1, 0.15) is 10.4 Å². The van der Waals surface area contributed by atoms with E-state index in [1.54, 1.807) is 0 Å². The number of amides is 1. The second kappa shape index (κ2) is 9.76. The van der Waals surface area contributed by atoms with E-state index in [9.17, 15) is 35.9 Å². The lowest BCUT2D eigenvalue weighted by Gasteiger charge is -2.13. The van der Waals surface area contributed by atoms with Gasteiger partial charge in [-0.1, -0.05) is 0 Å². The van der Waals surface area contributed by atoms with Crippen LogP contribution in [0.5, 0.6) is 11.8 Å². The summed E-state index contributed by atoms with van der Waals surface area (Å²) in [6, 6.07) is 5.90. The van der Waals surface area contributed by atoms with Crippen molar-refractivity contribution in [3.63, 3.8) is 0 Å². The van der Waals surface area contributed by atoms with Crippen molar-refractivity contribution in [2.45, 2.75) is 12.4 Å². The number of carbonyl (C=O) groups is 1. The molecule has 0 saturated heterocycles. The highest BCUT2D eigenvalue weighted by Crippen LogP contribution is 2.22. The number of hydrogen-bond acceptors (Lipinski definition) is 7. The minimum absolute atomic E-state index is 0.0407. The van der Waals surface area contributed by atoms with Gasteiger partial charge in [0.2, 0.25) is 5.88 Å². The van der Waals surface area contributed by atoms with E-state index in [0.717, 1.165) is 29.1 Å². The van der Waals surface area contributed by atoms with Crippen LogP contribution in [0.15, 0.2) is 53.7 Å². The molecule has 3 heterocycles. The van der Waals surface area contributed by atoms with Crippen LogP contribution in [0.3, 0.4) is 0 Å². The molecule has 0 aliphatic heterocycles. The largest absolute Gasteiger partial charge is 0.468 e. The molecule has 0 bridgehead atoms. The smallest absolute Gasteiger partial charge is 0.422 e. The Morgan fingerprint density at radius 3 is 2.35 bits per heavy atom. The van der Waals surface area contributed by atoms with Crippen molar-refractivity contribution >= 4 is 11.6 Å². The van der Waals surface area contributed by atoms with E-state index < -0.39 is 48.5 Å². The molecule has 15 heteroatoms. The molecule has 0 radical (unpaired) electrons. The van der Waals surface area contributed by atoms with E-state index in [2.05, 4.69) is 30.0 Å². The highest BCUT2D eigenvalue weighted by atomic mass is 19.4. The third kappa shape index (κ3) is 6.66. The fraction of sp³-hybridized carbons (Fsp3) is 0.211. The predicted molar refractivity (Wildman–Crippen MR) is 103 cm³/mol. The maximum absolute atomic E-state index is 12.8. The molecule has 1 N–H and O–H groups in total. The number of aromatic nitrogens is 4. The molecule has 9 nitrogen and oxygen atoms in total. The second-order valence-electron chi connectivity index (χ2n) is 6.47. The number of halogens is 6. The lowest BCUT2D eigenvalue weighted by Crippen LogP contribution is -2.28. The first kappa shape index (κ1) is 24.5. The summed E-state index contributed by atoms with van der Waals surface area (Å²) in [5, 5.41) is 9.23. The van der Waals surface area contributed by atoms with Crippen LogP contribution in [-0.2, 0) is 0 Å². The predicted octanol–water partition coefficient (Wildman–Crippen LogP) is 3.16. The number of nitrogens with zero attached hydrogens (tertiary/aromatic N) is 4. The Hall–Kier alpha value is -4.17. The Bertz CT molecular complexity index is 1210. The van der Waals surface area contributed by atoms with Gasteiger partial charge in [-0.2, -0.15) is 31.4 Å². The van der Waals surface area contributed by atoms with Crippen molar-refractivity contribution in [3.05, 3.63) is 64.8 Å². The number of pyridine rings is 2. The molecule has 0 atom stereocenters. The van der Waals surface area contributed by atoms with Crippen LogP contribution in [-0.4, -0.2) is 51.2 Å². The molecule has 0 aliphatic rings. The van der Waals surface area contributed by atoms with Gasteiger partial charge in [-0.25, -0.2) is 4.98 Å². The first-order valence-electron chi connectivity index (χ1n) is 9.13. The average molecular weight is 489 g/mol. The number of alkyl halides is 6. The molecule has 0 aliphatic carbocycles. The minimum Gasteiger partial charge on any atom is -0.468 e. The first-order chi connectivity index (χ1) is 15.9. The SMILES string of the molecule is O=C(Nc1ccc(OCC(F)(F)F)nc1)c1cccn(-c2ccnnc2OCC(F)(F)F)c1=O. The second-order valence-corrected chi connectivity index (χ2v) is 6.47. The molecule has 3 rings (SSSR count). The Labute approximate surface area is 186 Å². The van der Waals surface area contributed by atoms with Crippen LogP contribution in [0.2, 0.25) is 0 Å². The maximum atomic E-state index is 12.8. The summed E-state index contributed by atoms with van der Waals surface area (Å²) in [5.74, 6) is -1.84. The summed E-state index contributed by atoms with van der Waals surface area (Å²) in [5.41, 5.74) is -1.47. The number of nitrogens with one attached hydrogen (secondary N) is 1. The molecular weight excluding hydrogens is 476 g/mol. The fourth-order valence-electron chi connectivity index (χ4n) is 2.50. The molecule has 0 unspecified atom stereocenters. The van der Waals surface area contributed by atoms with Gasteiger partial charge in [0.15, 0.2) is 13.2 Å². The summed E-state index contributed by atoms with van der Waals surface area (Å²) >= 11 is 0. The van der Waals surface area contributed by atoms with E-state index in [1.165, 1.54) is 24.4 Å². The van der Waals surface area contributed by atoms with E-state index in [4.69, 9.17) is 0 Å². The molecule has 1 amide bonds. The van der Waals surface area contributed by atoms with E-state index in [-0.39, 0.29) is 17.3 Å². The summed E-state index contributed by atoms with van der Waals surface area (Å²) < 4.78 is 84.0. The zero-order chi connectivity index (χ0) is 24.9. The normalized spacial score (nSPS) is 11.7. The van der Waals surface area contributed by atoms with Crippen molar-refractivity contribution in [2.75, 3.05) is 18.5 Å². The number of ether oxygens (including phenoxy) is 2. The van der Waals surface area contributed by atoms with E-state index in [0.29, 0.717) is 0 Å². The lowest BCUT2D eigenvalue weighted by atomic mass is 10.2. The van der Waals surface area contributed by atoms with Gasteiger partial charge in [-0.05, 0) is 24.3 Å². The lowest BCUT2D eigenvalue weighted by molar-refractivity contribution is -0.154. The Balaban J connectivity index is 1.79. The van der Waals surface area contributed by atoms with Crippen LogP contribution in [0.4, 0.5) is 32.0 Å². The van der Waals surface area contributed by atoms with Crippen LogP contribution in [0.25, 0.3) is 5.69 Å². The summed E-state index contributed by atoms with van der Waals surface area (Å²) in [6.45, 7) is -3.23. The van der Waals surface area contributed by atoms with Gasteiger partial charge in [-0.3, -0.25) is 14.2 Å².